The summed E-state index contributed by atoms with van der Waals surface area (Å²) in [5.41, 5.74) is 9.81. The summed E-state index contributed by atoms with van der Waals surface area (Å²) >= 11 is 0. The quantitative estimate of drug-likeness (QED) is 0.316. The lowest BCUT2D eigenvalue weighted by Crippen LogP contribution is -2.25. The Bertz CT molecular complexity index is 1020. The Morgan fingerprint density at radius 3 is 1.23 bits per heavy atom. The lowest BCUT2D eigenvalue weighted by molar-refractivity contribution is 0.269. The minimum atomic E-state index is -3.16. The van der Waals surface area contributed by atoms with E-state index in [1.165, 1.54) is 33.4 Å². The van der Waals surface area contributed by atoms with Gasteiger partial charge in [0.1, 0.15) is 12.3 Å². The van der Waals surface area contributed by atoms with Gasteiger partial charge in [-0.2, -0.15) is 5.90 Å². The maximum atomic E-state index is 14.3. The smallest absolute Gasteiger partial charge is 0.173 e. The summed E-state index contributed by atoms with van der Waals surface area (Å²) < 4.78 is 5.41. The molecule has 2 N–H and O–H groups in total. The highest BCUT2D eigenvalue weighted by Crippen LogP contribution is 2.64. The van der Waals surface area contributed by atoms with Crippen molar-refractivity contribution in [3.8, 4) is 0 Å². The van der Waals surface area contributed by atoms with Crippen molar-refractivity contribution < 1.29 is 9.52 Å². The van der Waals surface area contributed by atoms with Crippen LogP contribution in [0.5, 0.6) is 0 Å². The molecule has 0 spiro atoms. The average Bonchev–Trinajstić information content (AvgIpc) is 2.65. The van der Waals surface area contributed by atoms with Crippen molar-refractivity contribution in [1.82, 2.24) is 0 Å². The third-order valence-corrected chi connectivity index (χ3v) is 9.38. The van der Waals surface area contributed by atoms with Gasteiger partial charge in [0.05, 0.1) is 0 Å². The van der Waals surface area contributed by atoms with E-state index in [1.54, 1.807) is 0 Å². The monoisotopic (exact) mass is 497 g/mol. The van der Waals surface area contributed by atoms with E-state index in [9.17, 15) is 4.89 Å². The van der Waals surface area contributed by atoms with Gasteiger partial charge >= 0.3 is 7.72 Å². The zero-order chi connectivity index (χ0) is 26.8. The van der Waals surface area contributed by atoms with Crippen LogP contribution in [0.4, 0.5) is 0 Å². The lowest BCUT2D eigenvalue weighted by atomic mass is 9.74. The molecule has 1 aliphatic heterocycles. The van der Waals surface area contributed by atoms with Crippen molar-refractivity contribution in [2.45, 2.75) is 123 Å². The number of nitrogens with two attached hydrogens (primary N) is 1. The molecule has 0 atom stereocenters. The highest BCUT2D eigenvalue weighted by atomic mass is 31.2. The van der Waals surface area contributed by atoms with Crippen LogP contribution in [0, 0.1) is 0 Å². The van der Waals surface area contributed by atoms with Gasteiger partial charge in [0.25, 0.3) is 0 Å². The van der Waals surface area contributed by atoms with Gasteiger partial charge in [-0.1, -0.05) is 107 Å². The molecule has 1 radical (unpaired) electrons. The molecule has 0 unspecified atom stereocenters. The summed E-state index contributed by atoms with van der Waals surface area (Å²) in [6.07, 6.45) is 1.58. The molecule has 4 heteroatoms. The topological polar surface area (TPSA) is 55.1 Å². The zero-order valence-electron chi connectivity index (χ0n) is 24.3. The standard InChI is InChI=1S/C31H48NO2P/c1-28(2,3)22-14-20-13-21-15-23(29(4,5)6)17-27(31(10,11)12)25(21)19-35(33,34-32)18-24(20)26(16-22)30(7,8)9/h14-17H,13,18-19,32H2,1-12H3/q+1. The van der Waals surface area contributed by atoms with Gasteiger partial charge in [-0.3, -0.25) is 0 Å². The van der Waals surface area contributed by atoms with Gasteiger partial charge in [0.2, 0.25) is 0 Å². The molecule has 0 fully saturated rings. The second-order valence-electron chi connectivity index (χ2n) is 14.7. The van der Waals surface area contributed by atoms with Crippen molar-refractivity contribution in [1.29, 1.82) is 0 Å². The van der Waals surface area contributed by atoms with Crippen molar-refractivity contribution in [2.24, 2.45) is 5.90 Å². The summed E-state index contributed by atoms with van der Waals surface area (Å²) in [7, 11) is -3.16. The van der Waals surface area contributed by atoms with Crippen molar-refractivity contribution in [2.75, 3.05) is 0 Å². The first-order valence-corrected chi connectivity index (χ1v) is 15.0. The SMILES string of the molecule is CC(C)(C)c1cc2c(c(C(C)(C)C)c1)C[P+]([O])(ON)Cc1c(cc(C(C)(C)C)cc1C(C)(C)C)C2. The third kappa shape index (κ3) is 6.02. The maximum absolute atomic E-state index is 14.3. The fourth-order valence-electron chi connectivity index (χ4n) is 5.17. The fourth-order valence-corrected chi connectivity index (χ4v) is 7.15. The molecule has 0 saturated carbocycles. The Morgan fingerprint density at radius 2 is 0.971 bits per heavy atom. The molecule has 193 valence electrons. The fraction of sp³-hybridized carbons (Fsp3) is 0.613. The number of benzene rings is 2. The van der Waals surface area contributed by atoms with Crippen LogP contribution < -0.4 is 5.90 Å². The number of rotatable bonds is 1. The molecule has 0 saturated heterocycles. The van der Waals surface area contributed by atoms with Crippen molar-refractivity contribution in [3.63, 3.8) is 0 Å². The van der Waals surface area contributed by atoms with Crippen LogP contribution in [0.2, 0.25) is 0 Å². The minimum absolute atomic E-state index is 0.0120. The van der Waals surface area contributed by atoms with E-state index in [0.717, 1.165) is 17.5 Å². The number of hydrogen-bond acceptors (Lipinski definition) is 2. The van der Waals surface area contributed by atoms with E-state index in [1.807, 2.05) is 0 Å². The van der Waals surface area contributed by atoms with E-state index in [-0.39, 0.29) is 21.7 Å². The molecule has 0 aliphatic carbocycles. The average molecular weight is 498 g/mol. The van der Waals surface area contributed by atoms with Gasteiger partial charge in [-0.05, 0) is 66.4 Å². The molecular weight excluding hydrogens is 449 g/mol. The van der Waals surface area contributed by atoms with Crippen LogP contribution >= 0.6 is 7.72 Å². The van der Waals surface area contributed by atoms with Gasteiger partial charge < -0.3 is 0 Å². The van der Waals surface area contributed by atoms with Crippen LogP contribution in [0.1, 0.15) is 128 Å². The lowest BCUT2D eigenvalue weighted by Gasteiger charge is -2.34. The molecule has 35 heavy (non-hydrogen) atoms. The highest BCUT2D eigenvalue weighted by molar-refractivity contribution is 7.63. The minimum Gasteiger partial charge on any atom is -0.173 e. The van der Waals surface area contributed by atoms with E-state index in [4.69, 9.17) is 10.5 Å². The molecule has 0 amide bonds. The molecular formula is C31H48NO2P+. The molecule has 1 heterocycles. The van der Waals surface area contributed by atoms with E-state index < -0.39 is 7.72 Å². The summed E-state index contributed by atoms with van der Waals surface area (Å²) in [6, 6.07) is 9.35. The van der Waals surface area contributed by atoms with Crippen molar-refractivity contribution in [3.05, 3.63) is 68.8 Å². The highest BCUT2D eigenvalue weighted by Gasteiger charge is 2.47. The summed E-state index contributed by atoms with van der Waals surface area (Å²) in [6.45, 7) is 27.0. The Hall–Kier alpha value is -1.25. The maximum Gasteiger partial charge on any atom is 0.353 e. The van der Waals surface area contributed by atoms with Crippen LogP contribution in [-0.2, 0) is 49.9 Å². The predicted molar refractivity (Wildman–Crippen MR) is 151 cm³/mol. The first kappa shape index (κ1) is 28.3. The van der Waals surface area contributed by atoms with Gasteiger partial charge in [-0.25, -0.2) is 0 Å². The van der Waals surface area contributed by atoms with E-state index in [0.29, 0.717) is 12.3 Å². The van der Waals surface area contributed by atoms with E-state index >= 15 is 0 Å². The Balaban J connectivity index is 2.45. The van der Waals surface area contributed by atoms with Crippen LogP contribution in [0.3, 0.4) is 0 Å². The Morgan fingerprint density at radius 1 is 0.629 bits per heavy atom. The van der Waals surface area contributed by atoms with E-state index in [2.05, 4.69) is 107 Å². The number of fused-ring (bicyclic) bond motifs is 2. The summed E-state index contributed by atoms with van der Waals surface area (Å²) in [5, 5.41) is 0. The van der Waals surface area contributed by atoms with Crippen LogP contribution in [0.15, 0.2) is 24.3 Å². The largest absolute Gasteiger partial charge is 0.353 e. The first-order valence-electron chi connectivity index (χ1n) is 13.0. The summed E-state index contributed by atoms with van der Waals surface area (Å²) in [5.74, 6) is 5.83. The Labute approximate surface area is 215 Å². The second kappa shape index (κ2) is 8.95. The molecule has 0 bridgehead atoms. The van der Waals surface area contributed by atoms with Crippen molar-refractivity contribution >= 4 is 7.72 Å². The molecule has 3 nitrogen and oxygen atoms in total. The van der Waals surface area contributed by atoms with Crippen LogP contribution in [0.25, 0.3) is 0 Å². The number of hydrogen-bond donors (Lipinski definition) is 1. The predicted octanol–water partition coefficient (Wildman–Crippen LogP) is 8.65. The van der Waals surface area contributed by atoms with Gasteiger partial charge in [-0.15, -0.1) is 4.62 Å². The second-order valence-corrected chi connectivity index (χ2v) is 17.2. The first-order chi connectivity index (χ1) is 15.7. The molecule has 2 aromatic carbocycles. The molecule has 3 rings (SSSR count). The summed E-state index contributed by atoms with van der Waals surface area (Å²) in [4.78, 5) is 14.3. The molecule has 0 aromatic heterocycles. The third-order valence-electron chi connectivity index (χ3n) is 7.40. The molecule has 2 aromatic rings. The van der Waals surface area contributed by atoms with Crippen LogP contribution in [-0.4, -0.2) is 0 Å². The van der Waals surface area contributed by atoms with Gasteiger partial charge in [0, 0.05) is 11.1 Å². The Kier molecular flexibility index (Phi) is 7.24. The molecule has 1 aliphatic rings. The normalized spacial score (nSPS) is 16.9. The van der Waals surface area contributed by atoms with Gasteiger partial charge in [0.15, 0.2) is 0 Å². The zero-order valence-corrected chi connectivity index (χ0v) is 25.2.